The Morgan fingerprint density at radius 3 is 2.58 bits per heavy atom. The van der Waals surface area contributed by atoms with Crippen LogP contribution < -0.4 is 4.74 Å². The lowest BCUT2D eigenvalue weighted by molar-refractivity contribution is -0.132. The van der Waals surface area contributed by atoms with Crippen LogP contribution in [0.1, 0.15) is 25.7 Å². The summed E-state index contributed by atoms with van der Waals surface area (Å²) >= 11 is 0. The van der Waals surface area contributed by atoms with E-state index >= 15 is 0 Å². The molecule has 6 nitrogen and oxygen atoms in total. The van der Waals surface area contributed by atoms with Gasteiger partial charge in [-0.25, -0.2) is 8.42 Å². The third-order valence-corrected chi connectivity index (χ3v) is 7.22. The van der Waals surface area contributed by atoms with E-state index in [0.717, 1.165) is 12.8 Å². The Balaban J connectivity index is 1.64. The van der Waals surface area contributed by atoms with Gasteiger partial charge >= 0.3 is 0 Å². The maximum atomic E-state index is 12.9. The first-order valence-corrected chi connectivity index (χ1v) is 9.95. The quantitative estimate of drug-likeness (QED) is 0.769. The van der Waals surface area contributed by atoms with Crippen LogP contribution in [0.2, 0.25) is 0 Å². The minimum atomic E-state index is -3.58. The van der Waals surface area contributed by atoms with Crippen molar-refractivity contribution < 1.29 is 17.9 Å². The number of sulfonamides is 1. The number of fused-ring (bicyclic) bond motifs is 2. The number of rotatable bonds is 1. The molecule has 2 heterocycles. The lowest BCUT2D eigenvalue weighted by atomic mass is 10.1. The minimum absolute atomic E-state index is 0.191. The summed E-state index contributed by atoms with van der Waals surface area (Å²) in [5.41, 5.74) is 0. The molecule has 2 atom stereocenters. The number of nitrogens with zero attached hydrogens (tertiary/aromatic N) is 2. The largest absolute Gasteiger partial charge is 0.487 e. The number of carbonyl (C=O) groups excluding carboxylic acids is 1. The normalized spacial score (nSPS) is 29.6. The van der Waals surface area contributed by atoms with Crippen molar-refractivity contribution in [2.75, 3.05) is 20.1 Å². The second kappa shape index (κ2) is 5.74. The van der Waals surface area contributed by atoms with Crippen molar-refractivity contribution in [3.63, 3.8) is 0 Å². The summed E-state index contributed by atoms with van der Waals surface area (Å²) in [5, 5.41) is 0. The number of likely N-dealkylation sites (N-methyl/N-ethyl adjacent to an activating group) is 1. The van der Waals surface area contributed by atoms with Gasteiger partial charge in [0.25, 0.3) is 0 Å². The first-order chi connectivity index (χ1) is 11.5. The van der Waals surface area contributed by atoms with Crippen LogP contribution in [-0.2, 0) is 14.8 Å². The van der Waals surface area contributed by atoms with Gasteiger partial charge < -0.3 is 9.64 Å². The summed E-state index contributed by atoms with van der Waals surface area (Å²) < 4.78 is 33.3. The van der Waals surface area contributed by atoms with E-state index in [4.69, 9.17) is 4.74 Å². The van der Waals surface area contributed by atoms with E-state index in [1.54, 1.807) is 31.3 Å². The second-order valence-corrected chi connectivity index (χ2v) is 8.83. The van der Waals surface area contributed by atoms with Crippen LogP contribution in [0.25, 0.3) is 0 Å². The van der Waals surface area contributed by atoms with Gasteiger partial charge in [-0.05, 0) is 31.4 Å². The van der Waals surface area contributed by atoms with Gasteiger partial charge in [-0.1, -0.05) is 12.1 Å². The Morgan fingerprint density at radius 1 is 1.12 bits per heavy atom. The van der Waals surface area contributed by atoms with Crippen LogP contribution in [-0.4, -0.2) is 55.8 Å². The Kier molecular flexibility index (Phi) is 3.80. The minimum Gasteiger partial charge on any atom is -0.487 e. The van der Waals surface area contributed by atoms with Crippen LogP contribution >= 0.6 is 0 Å². The van der Waals surface area contributed by atoms with Gasteiger partial charge in [0.15, 0.2) is 0 Å². The zero-order valence-corrected chi connectivity index (χ0v) is 14.5. The predicted molar refractivity (Wildman–Crippen MR) is 88.1 cm³/mol. The molecule has 0 spiro atoms. The topological polar surface area (TPSA) is 66.9 Å². The van der Waals surface area contributed by atoms with Crippen LogP contribution in [0.4, 0.5) is 0 Å². The molecule has 1 aromatic rings. The summed E-state index contributed by atoms with van der Waals surface area (Å²) in [5.74, 6) is 0.826. The highest BCUT2D eigenvalue weighted by Crippen LogP contribution is 2.36. The number of amides is 1. The number of hydrogen-bond acceptors (Lipinski definition) is 4. The van der Waals surface area contributed by atoms with Gasteiger partial charge in [0.05, 0.1) is 6.04 Å². The Hall–Kier alpha value is -1.60. The predicted octanol–water partition coefficient (Wildman–Crippen LogP) is 1.47. The van der Waals surface area contributed by atoms with Crippen LogP contribution in [0.15, 0.2) is 29.2 Å². The van der Waals surface area contributed by atoms with Crippen molar-refractivity contribution in [3.05, 3.63) is 24.3 Å². The molecule has 0 unspecified atom stereocenters. The van der Waals surface area contributed by atoms with Crippen molar-refractivity contribution >= 4 is 15.9 Å². The SMILES string of the molecule is CN1[C@H]2CCN(C(=O)C3CC3)CC[C@@H]2Oc2ccccc2S1(=O)=O. The molecule has 7 heteroatoms. The van der Waals surface area contributed by atoms with Crippen LogP contribution in [0.5, 0.6) is 5.75 Å². The van der Waals surface area contributed by atoms with E-state index in [1.165, 1.54) is 4.31 Å². The number of para-hydroxylation sites is 1. The van der Waals surface area contributed by atoms with E-state index in [2.05, 4.69) is 0 Å². The van der Waals surface area contributed by atoms with Gasteiger partial charge in [-0.15, -0.1) is 0 Å². The van der Waals surface area contributed by atoms with Crippen LogP contribution in [0, 0.1) is 5.92 Å². The highest BCUT2D eigenvalue weighted by atomic mass is 32.2. The molecule has 1 aromatic carbocycles. The molecule has 0 radical (unpaired) electrons. The third kappa shape index (κ3) is 2.59. The van der Waals surface area contributed by atoms with Gasteiger partial charge in [-0.2, -0.15) is 4.31 Å². The van der Waals surface area contributed by atoms with E-state index < -0.39 is 10.0 Å². The zero-order chi connectivity index (χ0) is 16.9. The number of hydrogen-bond donors (Lipinski definition) is 0. The summed E-state index contributed by atoms with van der Waals surface area (Å²) in [6.07, 6.45) is 3.00. The van der Waals surface area contributed by atoms with Crippen molar-refractivity contribution in [2.24, 2.45) is 5.92 Å². The van der Waals surface area contributed by atoms with E-state index in [0.29, 0.717) is 31.7 Å². The zero-order valence-electron chi connectivity index (χ0n) is 13.7. The molecule has 24 heavy (non-hydrogen) atoms. The molecule has 3 aliphatic rings. The Morgan fingerprint density at radius 2 is 1.83 bits per heavy atom. The first-order valence-electron chi connectivity index (χ1n) is 8.51. The fourth-order valence-electron chi connectivity index (χ4n) is 3.68. The lowest BCUT2D eigenvalue weighted by Crippen LogP contribution is -2.44. The van der Waals surface area contributed by atoms with Gasteiger partial charge in [0.2, 0.25) is 15.9 Å². The van der Waals surface area contributed by atoms with E-state index in [9.17, 15) is 13.2 Å². The Labute approximate surface area is 142 Å². The standard InChI is InChI=1S/C17H22N2O4S/c1-18-13-8-10-19(17(20)12-6-7-12)11-9-14(13)23-15-4-2-3-5-16(15)24(18,21)22/h2-5,12-14H,6-11H2,1H3/t13-,14-/m0/s1. The Bertz CT molecular complexity index is 760. The summed E-state index contributed by atoms with van der Waals surface area (Å²) in [6, 6.07) is 6.55. The number of benzene rings is 1. The molecular formula is C17H22N2O4S. The number of ether oxygens (including phenoxy) is 1. The third-order valence-electron chi connectivity index (χ3n) is 5.30. The van der Waals surface area contributed by atoms with E-state index in [1.807, 2.05) is 4.90 Å². The average Bonchev–Trinajstić information content (AvgIpc) is 3.41. The smallest absolute Gasteiger partial charge is 0.246 e. The summed E-state index contributed by atoms with van der Waals surface area (Å²) in [7, 11) is -1.96. The molecule has 4 rings (SSSR count). The van der Waals surface area contributed by atoms with Crippen molar-refractivity contribution in [3.8, 4) is 5.75 Å². The molecule has 130 valence electrons. The molecule has 2 fully saturated rings. The van der Waals surface area contributed by atoms with Crippen molar-refractivity contribution in [1.82, 2.24) is 9.21 Å². The molecule has 1 saturated carbocycles. The van der Waals surface area contributed by atoms with Crippen molar-refractivity contribution in [1.29, 1.82) is 0 Å². The fourth-order valence-corrected chi connectivity index (χ4v) is 5.21. The van der Waals surface area contributed by atoms with Crippen LogP contribution in [0.3, 0.4) is 0 Å². The second-order valence-electron chi connectivity index (χ2n) is 6.87. The van der Waals surface area contributed by atoms with Crippen molar-refractivity contribution in [2.45, 2.75) is 42.7 Å². The highest BCUT2D eigenvalue weighted by molar-refractivity contribution is 7.89. The average molecular weight is 350 g/mol. The first kappa shape index (κ1) is 15.9. The summed E-state index contributed by atoms with van der Waals surface area (Å²) in [6.45, 7) is 1.22. The fraction of sp³-hybridized carbons (Fsp3) is 0.588. The molecule has 0 N–H and O–H groups in total. The van der Waals surface area contributed by atoms with Gasteiger partial charge in [0, 0.05) is 32.5 Å². The van der Waals surface area contributed by atoms with E-state index in [-0.39, 0.29) is 28.9 Å². The summed E-state index contributed by atoms with van der Waals surface area (Å²) in [4.78, 5) is 14.5. The molecule has 2 aliphatic heterocycles. The van der Waals surface area contributed by atoms with Gasteiger partial charge in [-0.3, -0.25) is 4.79 Å². The lowest BCUT2D eigenvalue weighted by Gasteiger charge is -2.28. The highest BCUT2D eigenvalue weighted by Gasteiger charge is 2.43. The molecule has 1 saturated heterocycles. The maximum absolute atomic E-state index is 12.9. The number of carbonyl (C=O) groups is 1. The molecule has 1 amide bonds. The van der Waals surface area contributed by atoms with Gasteiger partial charge in [0.1, 0.15) is 16.7 Å². The molecule has 1 aliphatic carbocycles. The maximum Gasteiger partial charge on any atom is 0.246 e. The monoisotopic (exact) mass is 350 g/mol. The molecular weight excluding hydrogens is 328 g/mol. The number of likely N-dealkylation sites (tertiary alicyclic amines) is 1. The molecule has 0 bridgehead atoms. The molecule has 0 aromatic heterocycles.